The minimum Gasteiger partial charge on any atom is -0.383 e. The molecule has 1 amide bonds. The van der Waals surface area contributed by atoms with Crippen molar-refractivity contribution in [1.29, 1.82) is 0 Å². The Morgan fingerprint density at radius 3 is 2.58 bits per heavy atom. The highest BCUT2D eigenvalue weighted by atomic mass is 19.1. The van der Waals surface area contributed by atoms with Gasteiger partial charge < -0.3 is 11.1 Å². The maximum Gasteiger partial charge on any atom is 0.264 e. The third-order valence-corrected chi connectivity index (χ3v) is 7.08. The van der Waals surface area contributed by atoms with E-state index in [1.165, 1.54) is 19.3 Å². The van der Waals surface area contributed by atoms with Crippen LogP contribution < -0.4 is 16.6 Å². The van der Waals surface area contributed by atoms with Crippen LogP contribution in [0.2, 0.25) is 0 Å². The first-order valence-electron chi connectivity index (χ1n) is 12.4. The van der Waals surface area contributed by atoms with Gasteiger partial charge in [-0.2, -0.15) is 5.10 Å². The summed E-state index contributed by atoms with van der Waals surface area (Å²) in [5, 5.41) is 8.18. The molecule has 10 nitrogen and oxygen atoms in total. The Labute approximate surface area is 216 Å². The van der Waals surface area contributed by atoms with Gasteiger partial charge in [-0.3, -0.25) is 14.2 Å². The fourth-order valence-corrected chi connectivity index (χ4v) is 5.00. The topological polar surface area (TPSA) is 134 Å². The SMILES string of the molecule is CC(=O)Nc1ccc(-c2nn(C(C)c3nc4cccc(F)c4c(=O)n3C3CCC3)c3ncnc(N)c23)cc1. The van der Waals surface area contributed by atoms with Gasteiger partial charge in [0.15, 0.2) is 5.65 Å². The van der Waals surface area contributed by atoms with Crippen LogP contribution in [0.3, 0.4) is 0 Å². The van der Waals surface area contributed by atoms with Crippen LogP contribution in [0.5, 0.6) is 0 Å². The fraction of sp³-hybridized carbons (Fsp3) is 0.259. The average molecular weight is 513 g/mol. The highest BCUT2D eigenvalue weighted by Crippen LogP contribution is 2.36. The van der Waals surface area contributed by atoms with E-state index in [0.29, 0.717) is 33.8 Å². The number of rotatable bonds is 5. The number of halogens is 1. The smallest absolute Gasteiger partial charge is 0.264 e. The lowest BCUT2D eigenvalue weighted by molar-refractivity contribution is -0.114. The molecule has 1 aliphatic carbocycles. The molecule has 3 aromatic heterocycles. The van der Waals surface area contributed by atoms with E-state index in [9.17, 15) is 14.0 Å². The van der Waals surface area contributed by atoms with Crippen LogP contribution in [-0.2, 0) is 4.79 Å². The minimum atomic E-state index is -0.581. The molecule has 0 bridgehead atoms. The van der Waals surface area contributed by atoms with Crippen LogP contribution >= 0.6 is 0 Å². The van der Waals surface area contributed by atoms with Crippen molar-refractivity contribution in [2.45, 2.75) is 45.2 Å². The van der Waals surface area contributed by atoms with Gasteiger partial charge in [0.2, 0.25) is 5.91 Å². The average Bonchev–Trinajstić information content (AvgIpc) is 3.25. The van der Waals surface area contributed by atoms with Crippen LogP contribution in [0.4, 0.5) is 15.9 Å². The van der Waals surface area contributed by atoms with Gasteiger partial charge in [0.05, 0.1) is 10.9 Å². The summed E-state index contributed by atoms with van der Waals surface area (Å²) in [6, 6.07) is 11.1. The largest absolute Gasteiger partial charge is 0.383 e. The molecule has 2 aromatic carbocycles. The molecule has 1 unspecified atom stereocenters. The van der Waals surface area contributed by atoms with Gasteiger partial charge in [-0.05, 0) is 50.5 Å². The summed E-state index contributed by atoms with van der Waals surface area (Å²) < 4.78 is 18.0. The molecule has 192 valence electrons. The van der Waals surface area contributed by atoms with Crippen molar-refractivity contribution < 1.29 is 9.18 Å². The summed E-state index contributed by atoms with van der Waals surface area (Å²) in [6.45, 7) is 3.33. The minimum absolute atomic E-state index is 0.00723. The van der Waals surface area contributed by atoms with Gasteiger partial charge in [0, 0.05) is 24.2 Å². The van der Waals surface area contributed by atoms with Crippen molar-refractivity contribution in [3.63, 3.8) is 0 Å². The van der Waals surface area contributed by atoms with Crippen molar-refractivity contribution in [1.82, 2.24) is 29.3 Å². The molecule has 1 aliphatic rings. The Morgan fingerprint density at radius 2 is 1.89 bits per heavy atom. The van der Waals surface area contributed by atoms with Crippen LogP contribution in [0, 0.1) is 5.82 Å². The third-order valence-electron chi connectivity index (χ3n) is 7.08. The second kappa shape index (κ2) is 9.02. The molecule has 38 heavy (non-hydrogen) atoms. The molecule has 5 aromatic rings. The fourth-order valence-electron chi connectivity index (χ4n) is 5.00. The number of nitrogens with one attached hydrogen (secondary N) is 1. The van der Waals surface area contributed by atoms with E-state index in [-0.39, 0.29) is 28.7 Å². The normalized spacial score (nSPS) is 14.5. The Bertz CT molecular complexity index is 1770. The molecular formula is C27H25FN8O2. The number of benzene rings is 2. The number of aromatic nitrogens is 6. The zero-order valence-electron chi connectivity index (χ0n) is 20.8. The number of nitrogen functional groups attached to an aromatic ring is 1. The summed E-state index contributed by atoms with van der Waals surface area (Å²) in [5.74, 6) is -0.00667. The van der Waals surface area contributed by atoms with Gasteiger partial charge in [-0.25, -0.2) is 24.0 Å². The van der Waals surface area contributed by atoms with Crippen molar-refractivity contribution in [2.75, 3.05) is 11.1 Å². The van der Waals surface area contributed by atoms with E-state index in [1.807, 2.05) is 19.1 Å². The monoisotopic (exact) mass is 512 g/mol. The van der Waals surface area contributed by atoms with E-state index >= 15 is 0 Å². The molecule has 3 heterocycles. The summed E-state index contributed by atoms with van der Waals surface area (Å²) in [4.78, 5) is 38.4. The van der Waals surface area contributed by atoms with Crippen molar-refractivity contribution >= 4 is 39.3 Å². The second-order valence-electron chi connectivity index (χ2n) is 9.55. The molecule has 6 rings (SSSR count). The Balaban J connectivity index is 1.54. The molecule has 0 radical (unpaired) electrons. The van der Waals surface area contributed by atoms with E-state index < -0.39 is 11.9 Å². The molecule has 0 aliphatic heterocycles. The quantitative estimate of drug-likeness (QED) is 0.360. The lowest BCUT2D eigenvalue weighted by Gasteiger charge is -2.31. The number of hydrogen-bond acceptors (Lipinski definition) is 7. The van der Waals surface area contributed by atoms with E-state index in [0.717, 1.165) is 24.8 Å². The Kier molecular flexibility index (Phi) is 5.63. The first kappa shape index (κ1) is 23.7. The predicted molar refractivity (Wildman–Crippen MR) is 142 cm³/mol. The van der Waals surface area contributed by atoms with Crippen molar-refractivity contribution in [2.24, 2.45) is 0 Å². The summed E-state index contributed by atoms with van der Waals surface area (Å²) >= 11 is 0. The number of nitrogens with two attached hydrogens (primary N) is 1. The van der Waals surface area contributed by atoms with Crippen LogP contribution in [0.1, 0.15) is 51.0 Å². The highest BCUT2D eigenvalue weighted by molar-refractivity contribution is 5.98. The molecule has 1 fully saturated rings. The lowest BCUT2D eigenvalue weighted by Crippen LogP contribution is -2.35. The molecule has 1 saturated carbocycles. The number of fused-ring (bicyclic) bond motifs is 2. The van der Waals surface area contributed by atoms with E-state index in [4.69, 9.17) is 15.8 Å². The third kappa shape index (κ3) is 3.78. The maximum absolute atomic E-state index is 14.7. The van der Waals surface area contributed by atoms with Gasteiger partial charge >= 0.3 is 0 Å². The number of anilines is 2. The van der Waals surface area contributed by atoms with Crippen molar-refractivity contribution in [3.8, 4) is 11.3 Å². The van der Waals surface area contributed by atoms with E-state index in [1.54, 1.807) is 33.5 Å². The Hall–Kier alpha value is -4.67. The zero-order valence-corrected chi connectivity index (χ0v) is 20.8. The molecule has 0 spiro atoms. The first-order valence-corrected chi connectivity index (χ1v) is 12.4. The number of nitrogens with zero attached hydrogens (tertiary/aromatic N) is 6. The highest BCUT2D eigenvalue weighted by Gasteiger charge is 2.30. The molecule has 0 saturated heterocycles. The zero-order chi connectivity index (χ0) is 26.6. The van der Waals surface area contributed by atoms with Gasteiger partial charge in [0.25, 0.3) is 5.56 Å². The molecule has 3 N–H and O–H groups in total. The number of carbonyl (C=O) groups excluding carboxylic acids is 1. The first-order chi connectivity index (χ1) is 18.3. The Morgan fingerprint density at radius 1 is 1.13 bits per heavy atom. The maximum atomic E-state index is 14.7. The summed E-state index contributed by atoms with van der Waals surface area (Å²) in [7, 11) is 0. The lowest BCUT2D eigenvalue weighted by atomic mass is 9.92. The molecule has 11 heteroatoms. The number of carbonyl (C=O) groups is 1. The van der Waals surface area contributed by atoms with Gasteiger partial charge in [-0.15, -0.1) is 0 Å². The standard InChI is InChI=1S/C27H25FN8O2/c1-14(25-33-20-8-4-7-19(28)21(20)27(38)35(25)18-5-3-6-18)36-26-22(24(29)30-13-31-26)23(34-36)16-9-11-17(12-10-16)32-15(2)37/h4,7-14,18H,3,5-6H2,1-2H3,(H,32,37)(H2,29,30,31). The van der Waals surface area contributed by atoms with Crippen LogP contribution in [0.15, 0.2) is 53.6 Å². The predicted octanol–water partition coefficient (Wildman–Crippen LogP) is 4.22. The van der Waals surface area contributed by atoms with Crippen LogP contribution in [0.25, 0.3) is 33.2 Å². The summed E-state index contributed by atoms with van der Waals surface area (Å²) in [5.41, 5.74) is 8.65. The van der Waals surface area contributed by atoms with Crippen LogP contribution in [-0.4, -0.2) is 35.2 Å². The van der Waals surface area contributed by atoms with Gasteiger partial charge in [-0.1, -0.05) is 18.2 Å². The second-order valence-corrected chi connectivity index (χ2v) is 9.55. The summed E-state index contributed by atoms with van der Waals surface area (Å²) in [6.07, 6.45) is 4.01. The number of hydrogen-bond donors (Lipinski definition) is 2. The van der Waals surface area contributed by atoms with E-state index in [2.05, 4.69) is 15.3 Å². The van der Waals surface area contributed by atoms with Gasteiger partial charge in [0.1, 0.15) is 40.9 Å². The molecular weight excluding hydrogens is 487 g/mol. The van der Waals surface area contributed by atoms with Crippen molar-refractivity contribution in [3.05, 3.63) is 70.8 Å². The molecule has 1 atom stereocenters. The number of amides is 1.